The Morgan fingerprint density at radius 3 is 2.25 bits per heavy atom. The van der Waals surface area contributed by atoms with E-state index < -0.39 is 10.0 Å². The van der Waals surface area contributed by atoms with Gasteiger partial charge in [0, 0.05) is 26.7 Å². The van der Waals surface area contributed by atoms with Crippen LogP contribution in [0.2, 0.25) is 0 Å². The Kier molecular flexibility index (Phi) is 10.3. The Morgan fingerprint density at radius 1 is 1.38 bits per heavy atom. The fraction of sp³-hybridized carbons (Fsp3) is 0.875. The number of nitrogens with two attached hydrogens (primary N) is 1. The number of nitrogens with one attached hydrogen (secondary N) is 1. The van der Waals surface area contributed by atoms with Crippen LogP contribution in [0.25, 0.3) is 0 Å². The molecule has 0 rings (SSSR count). The zero-order valence-electron chi connectivity index (χ0n) is 9.93. The monoisotopic (exact) mass is 364 g/mol. The van der Waals surface area contributed by atoms with Crippen molar-refractivity contribution < 1.29 is 8.42 Å². The summed E-state index contributed by atoms with van der Waals surface area (Å²) in [6, 6.07) is 0. The van der Waals surface area contributed by atoms with Gasteiger partial charge < -0.3 is 11.1 Å². The van der Waals surface area contributed by atoms with Gasteiger partial charge in [0.1, 0.15) is 0 Å². The molecule has 0 heterocycles. The smallest absolute Gasteiger partial charge is 0.215 e. The molecule has 0 unspecified atom stereocenters. The fourth-order valence-electron chi connectivity index (χ4n) is 1.13. The molecule has 0 aliphatic rings. The molecule has 0 amide bonds. The molecule has 0 spiro atoms. The zero-order chi connectivity index (χ0) is 11.9. The SMILES string of the molecule is CCN(CC)S(=O)(=O)CCNC(N)=NC.I. The van der Waals surface area contributed by atoms with Crippen LogP contribution in [0.1, 0.15) is 13.8 Å². The Hall–Kier alpha value is -0.0900. The molecule has 6 nitrogen and oxygen atoms in total. The molecule has 0 radical (unpaired) electrons. The summed E-state index contributed by atoms with van der Waals surface area (Å²) >= 11 is 0. The zero-order valence-corrected chi connectivity index (χ0v) is 13.1. The maximum absolute atomic E-state index is 11.7. The van der Waals surface area contributed by atoms with E-state index in [4.69, 9.17) is 5.73 Å². The summed E-state index contributed by atoms with van der Waals surface area (Å²) in [6.07, 6.45) is 0. The van der Waals surface area contributed by atoms with Gasteiger partial charge in [0.15, 0.2) is 5.96 Å². The molecule has 0 aliphatic carbocycles. The van der Waals surface area contributed by atoms with Crippen LogP contribution in [0, 0.1) is 0 Å². The van der Waals surface area contributed by atoms with E-state index in [9.17, 15) is 8.42 Å². The van der Waals surface area contributed by atoms with Crippen molar-refractivity contribution >= 4 is 40.0 Å². The van der Waals surface area contributed by atoms with Gasteiger partial charge in [-0.05, 0) is 0 Å². The van der Waals surface area contributed by atoms with E-state index in [0.29, 0.717) is 13.1 Å². The molecule has 16 heavy (non-hydrogen) atoms. The molecule has 8 heteroatoms. The highest BCUT2D eigenvalue weighted by Crippen LogP contribution is 1.99. The molecular formula is C8H21IN4O2S. The lowest BCUT2D eigenvalue weighted by Crippen LogP contribution is -2.39. The van der Waals surface area contributed by atoms with Gasteiger partial charge in [-0.2, -0.15) is 0 Å². The van der Waals surface area contributed by atoms with Crippen LogP contribution in [0.5, 0.6) is 0 Å². The number of rotatable bonds is 6. The standard InChI is InChI=1S/C8H20N4O2S.HI/c1-4-12(5-2)15(13,14)7-6-11-8(9)10-3;/h4-7H2,1-3H3,(H3,9,10,11);1H. The predicted octanol–water partition coefficient (Wildman–Crippen LogP) is -0.190. The first kappa shape index (κ1) is 18.3. The average molecular weight is 364 g/mol. The fourth-order valence-corrected chi connectivity index (χ4v) is 2.54. The van der Waals surface area contributed by atoms with Crippen molar-refractivity contribution in [3.63, 3.8) is 0 Å². The lowest BCUT2D eigenvalue weighted by Gasteiger charge is -2.18. The van der Waals surface area contributed by atoms with Gasteiger partial charge in [-0.3, -0.25) is 4.99 Å². The van der Waals surface area contributed by atoms with E-state index in [2.05, 4.69) is 10.3 Å². The van der Waals surface area contributed by atoms with Gasteiger partial charge in [0.2, 0.25) is 10.0 Å². The molecule has 0 aromatic heterocycles. The van der Waals surface area contributed by atoms with Crippen molar-refractivity contribution in [2.75, 3.05) is 32.4 Å². The van der Waals surface area contributed by atoms with Crippen molar-refractivity contribution in [3.05, 3.63) is 0 Å². The van der Waals surface area contributed by atoms with Crippen LogP contribution >= 0.6 is 24.0 Å². The minimum absolute atomic E-state index is 0. The van der Waals surface area contributed by atoms with Crippen LogP contribution in [-0.2, 0) is 10.0 Å². The third kappa shape index (κ3) is 6.48. The number of aliphatic imine (C=N–C) groups is 1. The molecule has 0 saturated carbocycles. The highest BCUT2D eigenvalue weighted by atomic mass is 127. The highest BCUT2D eigenvalue weighted by molar-refractivity contribution is 14.0. The molecule has 0 aromatic rings. The van der Waals surface area contributed by atoms with Gasteiger partial charge in [-0.25, -0.2) is 12.7 Å². The third-order valence-electron chi connectivity index (χ3n) is 2.01. The Morgan fingerprint density at radius 2 is 1.88 bits per heavy atom. The second kappa shape index (κ2) is 8.99. The molecule has 98 valence electrons. The van der Waals surface area contributed by atoms with E-state index in [-0.39, 0.29) is 42.2 Å². The summed E-state index contributed by atoms with van der Waals surface area (Å²) in [5.74, 6) is 0.287. The summed E-state index contributed by atoms with van der Waals surface area (Å²) < 4.78 is 24.8. The van der Waals surface area contributed by atoms with Gasteiger partial charge in [0.05, 0.1) is 5.75 Å². The normalized spacial score (nSPS) is 12.4. The van der Waals surface area contributed by atoms with Crippen LogP contribution in [-0.4, -0.2) is 51.1 Å². The molecule has 0 fully saturated rings. The van der Waals surface area contributed by atoms with Crippen molar-refractivity contribution in [1.29, 1.82) is 0 Å². The Bertz CT molecular complexity index is 301. The maximum Gasteiger partial charge on any atom is 0.215 e. The molecule has 0 atom stereocenters. The number of halogens is 1. The van der Waals surface area contributed by atoms with Crippen LogP contribution in [0.15, 0.2) is 4.99 Å². The Balaban J connectivity index is 0. The summed E-state index contributed by atoms with van der Waals surface area (Å²) in [7, 11) is -1.62. The number of sulfonamides is 1. The third-order valence-corrected chi connectivity index (χ3v) is 4.03. The first-order chi connectivity index (χ1) is 6.97. The molecule has 3 N–H and O–H groups in total. The van der Waals surface area contributed by atoms with Gasteiger partial charge >= 0.3 is 0 Å². The molecular weight excluding hydrogens is 343 g/mol. The lowest BCUT2D eigenvalue weighted by molar-refractivity contribution is 0.445. The van der Waals surface area contributed by atoms with E-state index in [1.54, 1.807) is 7.05 Å². The van der Waals surface area contributed by atoms with Crippen molar-refractivity contribution in [1.82, 2.24) is 9.62 Å². The first-order valence-electron chi connectivity index (χ1n) is 4.91. The Labute approximate surface area is 115 Å². The second-order valence-electron chi connectivity index (χ2n) is 2.94. The topological polar surface area (TPSA) is 87.8 Å². The van der Waals surface area contributed by atoms with E-state index in [1.807, 2.05) is 13.8 Å². The lowest BCUT2D eigenvalue weighted by atomic mass is 10.7. The number of guanidine groups is 1. The average Bonchev–Trinajstić information content (AvgIpc) is 2.18. The van der Waals surface area contributed by atoms with Crippen molar-refractivity contribution in [2.24, 2.45) is 10.7 Å². The second-order valence-corrected chi connectivity index (χ2v) is 5.02. The van der Waals surface area contributed by atoms with Gasteiger partial charge in [0.25, 0.3) is 0 Å². The largest absolute Gasteiger partial charge is 0.370 e. The number of hydrogen-bond donors (Lipinski definition) is 2. The van der Waals surface area contributed by atoms with Gasteiger partial charge in [-0.15, -0.1) is 24.0 Å². The molecule has 0 aromatic carbocycles. The molecule has 0 saturated heterocycles. The summed E-state index contributed by atoms with van der Waals surface area (Å²) in [6.45, 7) is 4.90. The van der Waals surface area contributed by atoms with E-state index in [1.165, 1.54) is 4.31 Å². The maximum atomic E-state index is 11.7. The first-order valence-corrected chi connectivity index (χ1v) is 6.52. The minimum Gasteiger partial charge on any atom is -0.370 e. The summed E-state index contributed by atoms with van der Waals surface area (Å²) in [5.41, 5.74) is 5.37. The van der Waals surface area contributed by atoms with E-state index >= 15 is 0 Å². The van der Waals surface area contributed by atoms with Crippen LogP contribution in [0.3, 0.4) is 0 Å². The molecule has 0 aliphatic heterocycles. The van der Waals surface area contributed by atoms with Crippen molar-refractivity contribution in [3.8, 4) is 0 Å². The highest BCUT2D eigenvalue weighted by Gasteiger charge is 2.17. The quantitative estimate of drug-likeness (QED) is 0.389. The van der Waals surface area contributed by atoms with Crippen LogP contribution in [0.4, 0.5) is 0 Å². The number of nitrogens with zero attached hydrogens (tertiary/aromatic N) is 2. The van der Waals surface area contributed by atoms with Crippen LogP contribution < -0.4 is 11.1 Å². The predicted molar refractivity (Wildman–Crippen MR) is 77.7 cm³/mol. The minimum atomic E-state index is -3.17. The van der Waals surface area contributed by atoms with E-state index in [0.717, 1.165) is 0 Å². The number of hydrogen-bond acceptors (Lipinski definition) is 3. The van der Waals surface area contributed by atoms with Crippen molar-refractivity contribution in [2.45, 2.75) is 13.8 Å². The summed E-state index contributed by atoms with van der Waals surface area (Å²) in [4.78, 5) is 3.67. The molecule has 0 bridgehead atoms. The van der Waals surface area contributed by atoms with Gasteiger partial charge in [-0.1, -0.05) is 13.8 Å². The summed E-state index contributed by atoms with van der Waals surface area (Å²) in [5, 5.41) is 2.71.